The van der Waals surface area contributed by atoms with Crippen molar-refractivity contribution in [1.82, 2.24) is 15.1 Å². The summed E-state index contributed by atoms with van der Waals surface area (Å²) in [6, 6.07) is 0.180. The minimum Gasteiger partial charge on any atom is -0.349 e. The molecule has 0 aromatic carbocycles. The molecular weight excluding hydrogens is 276 g/mol. The average Bonchev–Trinajstić information content (AvgIpc) is 2.68. The van der Waals surface area contributed by atoms with Gasteiger partial charge >= 0.3 is 0 Å². The molecule has 0 saturated heterocycles. The summed E-state index contributed by atoms with van der Waals surface area (Å²) in [6.07, 6.45) is 5.83. The molecule has 2 rings (SSSR count). The quantitative estimate of drug-likeness (QED) is 0.894. The number of carbonyl (C=O) groups excluding carboxylic acids is 1. The highest BCUT2D eigenvalue weighted by molar-refractivity contribution is 5.85. The number of amides is 1. The third kappa shape index (κ3) is 3.96. The predicted molar refractivity (Wildman–Crippen MR) is 81.7 cm³/mol. The Kier molecular flexibility index (Phi) is 6.02. The van der Waals surface area contributed by atoms with E-state index in [2.05, 4.69) is 10.4 Å². The van der Waals surface area contributed by atoms with Crippen molar-refractivity contribution in [1.29, 1.82) is 0 Å². The molecule has 3 N–H and O–H groups in total. The monoisotopic (exact) mass is 300 g/mol. The standard InChI is InChI=1S/C14H24N4O.ClH/c1-9(13-8-18(3)17-10(13)2)16-14(19)11-5-4-6-12(15)7-11;/h8-9,11-12H,4-7,15H2,1-3H3,(H,16,19);1H. The van der Waals surface area contributed by atoms with Gasteiger partial charge in [-0.1, -0.05) is 6.42 Å². The fourth-order valence-electron chi connectivity index (χ4n) is 2.92. The van der Waals surface area contributed by atoms with E-state index >= 15 is 0 Å². The maximum atomic E-state index is 12.3. The van der Waals surface area contributed by atoms with Crippen LogP contribution in [0.15, 0.2) is 6.20 Å². The molecule has 1 amide bonds. The first-order valence-corrected chi connectivity index (χ1v) is 7.03. The molecule has 114 valence electrons. The maximum Gasteiger partial charge on any atom is 0.223 e. The van der Waals surface area contributed by atoms with Crippen molar-refractivity contribution >= 4 is 18.3 Å². The van der Waals surface area contributed by atoms with Crippen LogP contribution < -0.4 is 11.1 Å². The molecule has 0 aliphatic heterocycles. The second kappa shape index (κ2) is 7.09. The second-order valence-corrected chi connectivity index (χ2v) is 5.70. The molecule has 0 bridgehead atoms. The van der Waals surface area contributed by atoms with E-state index in [-0.39, 0.29) is 36.3 Å². The van der Waals surface area contributed by atoms with Crippen LogP contribution >= 0.6 is 12.4 Å². The number of nitrogens with two attached hydrogens (primary N) is 1. The van der Waals surface area contributed by atoms with E-state index in [1.165, 1.54) is 0 Å². The lowest BCUT2D eigenvalue weighted by Crippen LogP contribution is -2.38. The van der Waals surface area contributed by atoms with Gasteiger partial charge in [-0.25, -0.2) is 0 Å². The fourth-order valence-corrected chi connectivity index (χ4v) is 2.92. The number of halogens is 1. The zero-order valence-corrected chi connectivity index (χ0v) is 13.2. The first-order chi connectivity index (χ1) is 8.97. The van der Waals surface area contributed by atoms with E-state index in [1.807, 2.05) is 27.1 Å². The van der Waals surface area contributed by atoms with Crippen LogP contribution in [0.2, 0.25) is 0 Å². The highest BCUT2D eigenvalue weighted by Gasteiger charge is 2.26. The number of nitrogens with one attached hydrogen (secondary N) is 1. The van der Waals surface area contributed by atoms with E-state index in [4.69, 9.17) is 5.73 Å². The predicted octanol–water partition coefficient (Wildman–Crippen LogP) is 1.85. The Labute approximate surface area is 126 Å². The van der Waals surface area contributed by atoms with Gasteiger partial charge in [0.15, 0.2) is 0 Å². The summed E-state index contributed by atoms with van der Waals surface area (Å²) in [4.78, 5) is 12.3. The van der Waals surface area contributed by atoms with Crippen LogP contribution in [-0.2, 0) is 11.8 Å². The van der Waals surface area contributed by atoms with Crippen LogP contribution in [0.4, 0.5) is 0 Å². The number of nitrogens with zero attached hydrogens (tertiary/aromatic N) is 2. The number of carbonyl (C=O) groups is 1. The summed E-state index contributed by atoms with van der Waals surface area (Å²) >= 11 is 0. The molecule has 1 heterocycles. The van der Waals surface area contributed by atoms with Crippen LogP contribution in [0.3, 0.4) is 0 Å². The topological polar surface area (TPSA) is 72.9 Å². The van der Waals surface area contributed by atoms with Gasteiger partial charge in [-0.3, -0.25) is 9.48 Å². The molecule has 1 aliphatic carbocycles. The Morgan fingerprint density at radius 1 is 1.55 bits per heavy atom. The van der Waals surface area contributed by atoms with E-state index < -0.39 is 0 Å². The molecule has 5 nitrogen and oxygen atoms in total. The Morgan fingerprint density at radius 2 is 2.25 bits per heavy atom. The Balaban J connectivity index is 0.00000200. The number of hydrogen-bond donors (Lipinski definition) is 2. The third-order valence-electron chi connectivity index (χ3n) is 3.96. The molecule has 3 atom stereocenters. The lowest BCUT2D eigenvalue weighted by atomic mass is 9.85. The molecule has 20 heavy (non-hydrogen) atoms. The van der Waals surface area contributed by atoms with Gasteiger partial charge in [0.25, 0.3) is 0 Å². The van der Waals surface area contributed by atoms with Gasteiger partial charge in [-0.2, -0.15) is 5.10 Å². The van der Waals surface area contributed by atoms with Gasteiger partial charge in [-0.15, -0.1) is 12.4 Å². The van der Waals surface area contributed by atoms with E-state index in [0.717, 1.165) is 36.9 Å². The molecule has 0 radical (unpaired) electrons. The van der Waals surface area contributed by atoms with Crippen LogP contribution in [0, 0.1) is 12.8 Å². The summed E-state index contributed by atoms with van der Waals surface area (Å²) in [7, 11) is 1.89. The van der Waals surface area contributed by atoms with Gasteiger partial charge in [-0.05, 0) is 33.1 Å². The van der Waals surface area contributed by atoms with Gasteiger partial charge in [0.1, 0.15) is 0 Å². The fraction of sp³-hybridized carbons (Fsp3) is 0.714. The van der Waals surface area contributed by atoms with E-state index in [9.17, 15) is 4.79 Å². The number of aromatic nitrogens is 2. The van der Waals surface area contributed by atoms with Gasteiger partial charge < -0.3 is 11.1 Å². The van der Waals surface area contributed by atoms with Crippen molar-refractivity contribution in [2.75, 3.05) is 0 Å². The van der Waals surface area contributed by atoms with E-state index in [0.29, 0.717) is 0 Å². The molecule has 3 unspecified atom stereocenters. The highest BCUT2D eigenvalue weighted by Crippen LogP contribution is 2.24. The maximum absolute atomic E-state index is 12.3. The second-order valence-electron chi connectivity index (χ2n) is 5.70. The Morgan fingerprint density at radius 3 is 2.80 bits per heavy atom. The normalized spacial score (nSPS) is 23.8. The minimum absolute atomic E-state index is 0. The summed E-state index contributed by atoms with van der Waals surface area (Å²) in [5, 5.41) is 7.40. The van der Waals surface area contributed by atoms with E-state index in [1.54, 1.807) is 4.68 Å². The molecule has 6 heteroatoms. The lowest BCUT2D eigenvalue weighted by Gasteiger charge is -2.27. The zero-order chi connectivity index (χ0) is 14.0. The number of aryl methyl sites for hydroxylation is 2. The SMILES string of the molecule is Cc1nn(C)cc1C(C)NC(=O)C1CCCC(N)C1.Cl. The molecule has 1 saturated carbocycles. The molecule has 0 spiro atoms. The number of rotatable bonds is 3. The molecule has 1 fully saturated rings. The lowest BCUT2D eigenvalue weighted by molar-refractivity contribution is -0.126. The van der Waals surface area contributed by atoms with Crippen LogP contribution in [0.5, 0.6) is 0 Å². The van der Waals surface area contributed by atoms with Gasteiger partial charge in [0.05, 0.1) is 11.7 Å². The summed E-state index contributed by atoms with van der Waals surface area (Å²) < 4.78 is 1.78. The van der Waals surface area contributed by atoms with Crippen molar-refractivity contribution in [3.8, 4) is 0 Å². The van der Waals surface area contributed by atoms with Crippen molar-refractivity contribution in [2.24, 2.45) is 18.7 Å². The Hall–Kier alpha value is -1.07. The van der Waals surface area contributed by atoms with Gasteiger partial charge in [0.2, 0.25) is 5.91 Å². The smallest absolute Gasteiger partial charge is 0.223 e. The van der Waals surface area contributed by atoms with Crippen molar-refractivity contribution in [3.05, 3.63) is 17.5 Å². The highest BCUT2D eigenvalue weighted by atomic mass is 35.5. The van der Waals surface area contributed by atoms with Crippen molar-refractivity contribution in [3.63, 3.8) is 0 Å². The molecule has 1 aromatic heterocycles. The third-order valence-corrected chi connectivity index (χ3v) is 3.96. The zero-order valence-electron chi connectivity index (χ0n) is 12.4. The largest absolute Gasteiger partial charge is 0.349 e. The van der Waals surface area contributed by atoms with Crippen LogP contribution in [0.25, 0.3) is 0 Å². The molecule has 1 aromatic rings. The Bertz CT molecular complexity index is 460. The van der Waals surface area contributed by atoms with Crippen LogP contribution in [-0.4, -0.2) is 21.7 Å². The van der Waals surface area contributed by atoms with Crippen LogP contribution in [0.1, 0.15) is 49.9 Å². The summed E-state index contributed by atoms with van der Waals surface area (Å²) in [5.41, 5.74) is 7.99. The molecule has 1 aliphatic rings. The first-order valence-electron chi connectivity index (χ1n) is 7.03. The summed E-state index contributed by atoms with van der Waals surface area (Å²) in [5.74, 6) is 0.203. The molecular formula is C14H25ClN4O. The minimum atomic E-state index is -0.000601. The first kappa shape index (κ1) is 17.0. The summed E-state index contributed by atoms with van der Waals surface area (Å²) in [6.45, 7) is 3.97. The van der Waals surface area contributed by atoms with Crippen molar-refractivity contribution < 1.29 is 4.79 Å². The van der Waals surface area contributed by atoms with Gasteiger partial charge in [0, 0.05) is 30.8 Å². The average molecular weight is 301 g/mol. The number of hydrogen-bond acceptors (Lipinski definition) is 3. The van der Waals surface area contributed by atoms with Crippen molar-refractivity contribution in [2.45, 2.75) is 51.6 Å².